The van der Waals surface area contributed by atoms with Gasteiger partial charge in [-0.15, -0.1) is 0 Å². The molecule has 3 aromatic rings. The van der Waals surface area contributed by atoms with Gasteiger partial charge in [0.15, 0.2) is 0 Å². The third-order valence-corrected chi connectivity index (χ3v) is 4.63. The van der Waals surface area contributed by atoms with E-state index in [1.165, 1.54) is 0 Å². The van der Waals surface area contributed by atoms with Gasteiger partial charge < -0.3 is 0 Å². The second kappa shape index (κ2) is 8.24. The molecule has 0 aromatic heterocycles. The number of alkyl halides is 12. The summed E-state index contributed by atoms with van der Waals surface area (Å²) in [6.07, 6.45) is -20.6. The molecule has 0 saturated carbocycles. The molecule has 181 valence electrons. The van der Waals surface area contributed by atoms with E-state index in [1.807, 2.05) is 0 Å². The van der Waals surface area contributed by atoms with Crippen LogP contribution in [-0.2, 0) is 24.7 Å². The van der Waals surface area contributed by atoms with Crippen LogP contribution in [0.2, 0.25) is 0 Å². The van der Waals surface area contributed by atoms with E-state index in [4.69, 9.17) is 0 Å². The minimum absolute atomic E-state index is 0.112. The molecule has 0 spiro atoms. The van der Waals surface area contributed by atoms with Crippen LogP contribution in [0.5, 0.6) is 0 Å². The van der Waals surface area contributed by atoms with Crippen molar-refractivity contribution in [3.8, 4) is 22.3 Å². The molecule has 0 aliphatic heterocycles. The van der Waals surface area contributed by atoms with E-state index >= 15 is 0 Å². The zero-order valence-electron chi connectivity index (χ0n) is 16.2. The minimum atomic E-state index is -5.15. The highest BCUT2D eigenvalue weighted by atomic mass is 19.4. The van der Waals surface area contributed by atoms with Crippen molar-refractivity contribution < 1.29 is 52.7 Å². The van der Waals surface area contributed by atoms with Crippen LogP contribution in [0.3, 0.4) is 0 Å². The SMILES string of the molecule is FC(F)(F)c1cc(-c2c[c]cc(-c3cc(C(F)(F)F)cc(C(F)(F)F)c3)c2)cc(C(F)(F)F)c1. The van der Waals surface area contributed by atoms with E-state index in [1.54, 1.807) is 0 Å². The summed E-state index contributed by atoms with van der Waals surface area (Å²) < 4.78 is 157. The third kappa shape index (κ3) is 5.65. The predicted octanol–water partition coefficient (Wildman–Crippen LogP) is 8.90. The molecule has 0 aliphatic rings. The maximum Gasteiger partial charge on any atom is 0.416 e. The second-order valence-electron chi connectivity index (χ2n) is 7.10. The van der Waals surface area contributed by atoms with Crippen molar-refractivity contribution >= 4 is 0 Å². The zero-order chi connectivity index (χ0) is 25.7. The quantitative estimate of drug-likeness (QED) is 0.308. The highest BCUT2D eigenvalue weighted by Crippen LogP contribution is 2.41. The predicted molar refractivity (Wildman–Crippen MR) is 96.2 cm³/mol. The van der Waals surface area contributed by atoms with E-state index < -0.39 is 58.1 Å². The van der Waals surface area contributed by atoms with Gasteiger partial charge >= 0.3 is 24.7 Å². The molecule has 0 nitrogen and oxygen atoms in total. The third-order valence-electron chi connectivity index (χ3n) is 4.63. The van der Waals surface area contributed by atoms with Crippen molar-refractivity contribution in [1.82, 2.24) is 0 Å². The van der Waals surface area contributed by atoms with Gasteiger partial charge in [0.25, 0.3) is 0 Å². The molecule has 1 radical (unpaired) electrons. The van der Waals surface area contributed by atoms with Gasteiger partial charge in [-0.3, -0.25) is 0 Å². The van der Waals surface area contributed by atoms with E-state index in [0.717, 1.165) is 18.2 Å². The first-order chi connectivity index (χ1) is 15.4. The summed E-state index contributed by atoms with van der Waals surface area (Å²) in [7, 11) is 0. The largest absolute Gasteiger partial charge is 0.416 e. The standard InChI is InChI=1S/C22H9F12/c23-19(24,25)15-5-13(6-16(9-15)20(26,27)28)11-2-1-3-12(4-11)14-7-17(21(29,30)31)10-18(8-14)22(32,33)34/h2-10H. The lowest BCUT2D eigenvalue weighted by Gasteiger charge is -2.16. The average Bonchev–Trinajstić information content (AvgIpc) is 2.70. The van der Waals surface area contributed by atoms with Crippen molar-refractivity contribution in [2.75, 3.05) is 0 Å². The van der Waals surface area contributed by atoms with E-state index in [-0.39, 0.29) is 23.3 Å². The van der Waals surface area contributed by atoms with Crippen molar-refractivity contribution in [3.63, 3.8) is 0 Å². The molecule has 0 saturated heterocycles. The second-order valence-corrected chi connectivity index (χ2v) is 7.10. The van der Waals surface area contributed by atoms with Crippen LogP contribution < -0.4 is 0 Å². The first kappa shape index (κ1) is 25.4. The molecule has 0 heterocycles. The van der Waals surface area contributed by atoms with Crippen LogP contribution in [-0.4, -0.2) is 0 Å². The molecule has 0 N–H and O–H groups in total. The average molecular weight is 501 g/mol. The molecule has 0 aliphatic carbocycles. The highest BCUT2D eigenvalue weighted by Gasteiger charge is 2.38. The van der Waals surface area contributed by atoms with Gasteiger partial charge in [0.1, 0.15) is 0 Å². The topological polar surface area (TPSA) is 0 Å². The van der Waals surface area contributed by atoms with E-state index in [9.17, 15) is 52.7 Å². The molecule has 0 unspecified atom stereocenters. The summed E-state index contributed by atoms with van der Waals surface area (Å²) in [4.78, 5) is 0. The fourth-order valence-corrected chi connectivity index (χ4v) is 3.05. The summed E-state index contributed by atoms with van der Waals surface area (Å²) in [6.45, 7) is 0. The van der Waals surface area contributed by atoms with Crippen LogP contribution in [0.25, 0.3) is 22.3 Å². The lowest BCUT2D eigenvalue weighted by Crippen LogP contribution is -2.11. The number of rotatable bonds is 2. The molecule has 3 rings (SSSR count). The Labute approximate surface area is 183 Å². The molecule has 0 bridgehead atoms. The summed E-state index contributed by atoms with van der Waals surface area (Å²) in [6, 6.07) is 6.44. The summed E-state index contributed by atoms with van der Waals surface area (Å²) >= 11 is 0. The molecule has 0 atom stereocenters. The monoisotopic (exact) mass is 501 g/mol. The van der Waals surface area contributed by atoms with Gasteiger partial charge in [-0.05, 0) is 82.9 Å². The zero-order valence-corrected chi connectivity index (χ0v) is 16.2. The molecule has 34 heavy (non-hydrogen) atoms. The molecule has 0 amide bonds. The summed E-state index contributed by atoms with van der Waals surface area (Å²) in [5.41, 5.74) is -8.43. The van der Waals surface area contributed by atoms with Gasteiger partial charge in [-0.1, -0.05) is 0 Å². The maximum absolute atomic E-state index is 13.1. The molecule has 12 heteroatoms. The van der Waals surface area contributed by atoms with Crippen LogP contribution in [0.1, 0.15) is 22.3 Å². The Kier molecular flexibility index (Phi) is 6.17. The Bertz CT molecular complexity index is 1040. The summed E-state index contributed by atoms with van der Waals surface area (Å²) in [5.74, 6) is 0. The Morgan fingerprint density at radius 3 is 0.853 bits per heavy atom. The fraction of sp³-hybridized carbons (Fsp3) is 0.182. The van der Waals surface area contributed by atoms with Gasteiger partial charge in [-0.25, -0.2) is 0 Å². The van der Waals surface area contributed by atoms with Crippen LogP contribution in [0, 0.1) is 6.07 Å². The van der Waals surface area contributed by atoms with E-state index in [0.29, 0.717) is 24.3 Å². The van der Waals surface area contributed by atoms with Crippen LogP contribution in [0.15, 0.2) is 54.6 Å². The van der Waals surface area contributed by atoms with Crippen LogP contribution >= 0.6 is 0 Å². The van der Waals surface area contributed by atoms with Crippen molar-refractivity contribution in [1.29, 1.82) is 0 Å². The minimum Gasteiger partial charge on any atom is -0.166 e. The van der Waals surface area contributed by atoms with Gasteiger partial charge in [0.05, 0.1) is 22.3 Å². The number of benzene rings is 3. The van der Waals surface area contributed by atoms with Crippen molar-refractivity contribution in [2.45, 2.75) is 24.7 Å². The lowest BCUT2D eigenvalue weighted by molar-refractivity contribution is -0.144. The highest BCUT2D eigenvalue weighted by molar-refractivity contribution is 5.74. The first-order valence-electron chi connectivity index (χ1n) is 8.96. The Hall–Kier alpha value is -3.18. The lowest BCUT2D eigenvalue weighted by atomic mass is 9.94. The normalized spacial score (nSPS) is 13.3. The van der Waals surface area contributed by atoms with Crippen LogP contribution in [0.4, 0.5) is 52.7 Å². The Morgan fingerprint density at radius 1 is 0.353 bits per heavy atom. The smallest absolute Gasteiger partial charge is 0.166 e. The molecular weight excluding hydrogens is 492 g/mol. The number of hydrogen-bond donors (Lipinski definition) is 0. The molecule has 3 aromatic carbocycles. The van der Waals surface area contributed by atoms with E-state index in [2.05, 4.69) is 6.07 Å². The van der Waals surface area contributed by atoms with Gasteiger partial charge in [0.2, 0.25) is 0 Å². The van der Waals surface area contributed by atoms with Gasteiger partial charge in [-0.2, -0.15) is 52.7 Å². The summed E-state index contributed by atoms with van der Waals surface area (Å²) in [5, 5.41) is 0. The van der Waals surface area contributed by atoms with Gasteiger partial charge in [0, 0.05) is 0 Å². The molecular formula is C22H9F12. The maximum atomic E-state index is 13.1. The first-order valence-corrected chi connectivity index (χ1v) is 8.96. The number of halogens is 12. The fourth-order valence-electron chi connectivity index (χ4n) is 3.05. The van der Waals surface area contributed by atoms with Crippen molar-refractivity contribution in [3.05, 3.63) is 82.9 Å². The number of hydrogen-bond acceptors (Lipinski definition) is 0. The Balaban J connectivity index is 2.21. The Morgan fingerprint density at radius 2 is 0.618 bits per heavy atom. The van der Waals surface area contributed by atoms with Crippen molar-refractivity contribution in [2.24, 2.45) is 0 Å². The molecule has 0 fully saturated rings.